The lowest BCUT2D eigenvalue weighted by atomic mass is 10.1. The minimum Gasteiger partial charge on any atom is -0.347 e. The Bertz CT molecular complexity index is 870. The molecule has 3 aromatic heterocycles. The third kappa shape index (κ3) is 3.17. The van der Waals surface area contributed by atoms with Crippen LogP contribution in [0, 0.1) is 5.92 Å². The van der Waals surface area contributed by atoms with E-state index in [-0.39, 0.29) is 5.91 Å². The van der Waals surface area contributed by atoms with E-state index in [1.54, 1.807) is 12.4 Å². The van der Waals surface area contributed by atoms with Crippen LogP contribution in [0.4, 0.5) is 0 Å². The normalized spacial score (nSPS) is 17.2. The molecule has 4 rings (SSSR count). The van der Waals surface area contributed by atoms with Crippen molar-refractivity contribution in [1.82, 2.24) is 24.6 Å². The fraction of sp³-hybridized carbons (Fsp3) is 0.333. The van der Waals surface area contributed by atoms with Gasteiger partial charge in [0, 0.05) is 50.7 Å². The molecular formula is C18H19N5O2. The van der Waals surface area contributed by atoms with Gasteiger partial charge in [0.25, 0.3) is 11.8 Å². The molecule has 1 atom stereocenters. The summed E-state index contributed by atoms with van der Waals surface area (Å²) in [6.07, 6.45) is 6.95. The van der Waals surface area contributed by atoms with Crippen LogP contribution in [0.1, 0.15) is 22.7 Å². The topological polar surface area (TPSA) is 77.0 Å². The van der Waals surface area contributed by atoms with E-state index in [0.717, 1.165) is 30.8 Å². The van der Waals surface area contributed by atoms with Gasteiger partial charge in [-0.2, -0.15) is 4.98 Å². The maximum atomic E-state index is 12.6. The standard InChI is InChI=1S/C18H19N5O2/c1-22-9-2-3-15(22)18(24)23-10-6-13(12-23)11-16-20-17(25-21-16)14-4-7-19-8-5-14/h2-5,7-9,13H,6,10-12H2,1H3. The van der Waals surface area contributed by atoms with E-state index >= 15 is 0 Å². The Balaban J connectivity index is 1.39. The Morgan fingerprint density at radius 2 is 2.16 bits per heavy atom. The second kappa shape index (κ2) is 6.51. The number of pyridine rings is 1. The molecule has 0 saturated carbocycles. The van der Waals surface area contributed by atoms with Gasteiger partial charge in [-0.1, -0.05) is 5.16 Å². The van der Waals surface area contributed by atoms with Crippen molar-refractivity contribution in [3.63, 3.8) is 0 Å². The number of aromatic nitrogens is 4. The van der Waals surface area contributed by atoms with Gasteiger partial charge in [-0.3, -0.25) is 9.78 Å². The summed E-state index contributed by atoms with van der Waals surface area (Å²) in [6.45, 7) is 1.49. The van der Waals surface area contributed by atoms with Crippen LogP contribution in [0.25, 0.3) is 11.5 Å². The molecule has 0 bridgehead atoms. The molecule has 7 nitrogen and oxygen atoms in total. The first kappa shape index (κ1) is 15.6. The van der Waals surface area contributed by atoms with Crippen LogP contribution in [0.15, 0.2) is 47.4 Å². The van der Waals surface area contributed by atoms with Crippen LogP contribution in [-0.4, -0.2) is 43.6 Å². The zero-order valence-electron chi connectivity index (χ0n) is 14.0. The first-order valence-electron chi connectivity index (χ1n) is 8.34. The van der Waals surface area contributed by atoms with Gasteiger partial charge < -0.3 is 14.0 Å². The lowest BCUT2D eigenvalue weighted by Gasteiger charge is -2.16. The second-order valence-electron chi connectivity index (χ2n) is 6.37. The van der Waals surface area contributed by atoms with Crippen LogP contribution in [0.5, 0.6) is 0 Å². The minimum atomic E-state index is 0.0839. The van der Waals surface area contributed by atoms with Crippen LogP contribution >= 0.6 is 0 Å². The zero-order chi connectivity index (χ0) is 17.2. The number of carbonyl (C=O) groups is 1. The van der Waals surface area contributed by atoms with Crippen molar-refractivity contribution in [2.24, 2.45) is 13.0 Å². The van der Waals surface area contributed by atoms with Crippen LogP contribution in [0.2, 0.25) is 0 Å². The van der Waals surface area contributed by atoms with Crippen molar-refractivity contribution in [3.05, 3.63) is 54.4 Å². The van der Waals surface area contributed by atoms with Crippen molar-refractivity contribution in [2.75, 3.05) is 13.1 Å². The van der Waals surface area contributed by atoms with Gasteiger partial charge >= 0.3 is 0 Å². The van der Waals surface area contributed by atoms with E-state index in [9.17, 15) is 4.79 Å². The first-order valence-corrected chi connectivity index (χ1v) is 8.34. The summed E-state index contributed by atoms with van der Waals surface area (Å²) >= 11 is 0. The molecule has 0 spiro atoms. The van der Waals surface area contributed by atoms with E-state index < -0.39 is 0 Å². The fourth-order valence-electron chi connectivity index (χ4n) is 3.24. The van der Waals surface area contributed by atoms with Gasteiger partial charge in [0.1, 0.15) is 5.69 Å². The van der Waals surface area contributed by atoms with Crippen molar-refractivity contribution in [3.8, 4) is 11.5 Å². The molecule has 0 aliphatic carbocycles. The third-order valence-corrected chi connectivity index (χ3v) is 4.60. The predicted octanol–water partition coefficient (Wildman–Crippen LogP) is 2.17. The minimum absolute atomic E-state index is 0.0839. The highest BCUT2D eigenvalue weighted by Crippen LogP contribution is 2.23. The molecule has 4 heterocycles. The first-order chi connectivity index (χ1) is 12.2. The lowest BCUT2D eigenvalue weighted by Crippen LogP contribution is -2.30. The summed E-state index contributed by atoms with van der Waals surface area (Å²) in [5.41, 5.74) is 1.58. The molecule has 1 aliphatic rings. The Morgan fingerprint density at radius 3 is 2.92 bits per heavy atom. The molecule has 1 fully saturated rings. The van der Waals surface area contributed by atoms with Crippen molar-refractivity contribution < 1.29 is 9.32 Å². The number of carbonyl (C=O) groups excluding carboxylic acids is 1. The van der Waals surface area contributed by atoms with Crippen molar-refractivity contribution >= 4 is 5.91 Å². The quantitative estimate of drug-likeness (QED) is 0.729. The van der Waals surface area contributed by atoms with Gasteiger partial charge in [0.05, 0.1) is 0 Å². The van der Waals surface area contributed by atoms with E-state index in [4.69, 9.17) is 4.52 Å². The van der Waals surface area contributed by atoms with Crippen molar-refractivity contribution in [1.29, 1.82) is 0 Å². The third-order valence-electron chi connectivity index (χ3n) is 4.60. The maximum absolute atomic E-state index is 12.6. The zero-order valence-corrected chi connectivity index (χ0v) is 14.0. The average Bonchev–Trinajstić information content (AvgIpc) is 3.37. The molecule has 1 saturated heterocycles. The molecule has 1 unspecified atom stereocenters. The number of amides is 1. The van der Waals surface area contributed by atoms with Gasteiger partial charge in [0.15, 0.2) is 5.82 Å². The van der Waals surface area contributed by atoms with Crippen LogP contribution in [-0.2, 0) is 13.5 Å². The number of hydrogen-bond acceptors (Lipinski definition) is 5. The highest BCUT2D eigenvalue weighted by molar-refractivity contribution is 5.92. The summed E-state index contributed by atoms with van der Waals surface area (Å²) in [5, 5.41) is 4.08. The molecule has 7 heteroatoms. The largest absolute Gasteiger partial charge is 0.347 e. The summed E-state index contributed by atoms with van der Waals surface area (Å²) < 4.78 is 7.19. The fourth-order valence-corrected chi connectivity index (χ4v) is 3.24. The summed E-state index contributed by atoms with van der Waals surface area (Å²) in [4.78, 5) is 22.9. The van der Waals surface area contributed by atoms with Gasteiger partial charge in [-0.25, -0.2) is 0 Å². The smallest absolute Gasteiger partial charge is 0.270 e. The van der Waals surface area contributed by atoms with E-state index in [2.05, 4.69) is 15.1 Å². The molecule has 0 radical (unpaired) electrons. The Labute approximate surface area is 145 Å². The average molecular weight is 337 g/mol. The maximum Gasteiger partial charge on any atom is 0.270 e. The van der Waals surface area contributed by atoms with E-state index in [1.165, 1.54) is 0 Å². The molecule has 0 N–H and O–H groups in total. The lowest BCUT2D eigenvalue weighted by molar-refractivity contribution is 0.0777. The Morgan fingerprint density at radius 1 is 1.32 bits per heavy atom. The monoisotopic (exact) mass is 337 g/mol. The Hall–Kier alpha value is -2.96. The van der Waals surface area contributed by atoms with Crippen molar-refractivity contribution in [2.45, 2.75) is 12.8 Å². The SMILES string of the molecule is Cn1cccc1C(=O)N1CCC(Cc2noc(-c3ccncc3)n2)C1. The Kier molecular flexibility index (Phi) is 4.05. The van der Waals surface area contributed by atoms with Gasteiger partial charge in [0.2, 0.25) is 0 Å². The van der Waals surface area contributed by atoms with E-state index in [1.807, 2.05) is 47.0 Å². The van der Waals surface area contributed by atoms with Crippen LogP contribution < -0.4 is 0 Å². The highest BCUT2D eigenvalue weighted by atomic mass is 16.5. The van der Waals surface area contributed by atoms with E-state index in [0.29, 0.717) is 24.1 Å². The number of hydrogen-bond donors (Lipinski definition) is 0. The summed E-state index contributed by atoms with van der Waals surface area (Å²) in [7, 11) is 1.89. The second-order valence-corrected chi connectivity index (χ2v) is 6.37. The number of nitrogens with zero attached hydrogens (tertiary/aromatic N) is 5. The summed E-state index contributed by atoms with van der Waals surface area (Å²) in [5.74, 6) is 1.63. The molecule has 128 valence electrons. The molecule has 1 amide bonds. The van der Waals surface area contributed by atoms with Crippen LogP contribution in [0.3, 0.4) is 0 Å². The van der Waals surface area contributed by atoms with Gasteiger partial charge in [-0.15, -0.1) is 0 Å². The predicted molar refractivity (Wildman–Crippen MR) is 90.7 cm³/mol. The summed E-state index contributed by atoms with van der Waals surface area (Å²) in [6, 6.07) is 7.43. The molecule has 1 aliphatic heterocycles. The van der Waals surface area contributed by atoms with Gasteiger partial charge in [-0.05, 0) is 36.6 Å². The molecular weight excluding hydrogens is 318 g/mol. The molecule has 0 aromatic carbocycles. The number of rotatable bonds is 4. The number of aryl methyl sites for hydroxylation is 1. The number of likely N-dealkylation sites (tertiary alicyclic amines) is 1. The molecule has 3 aromatic rings. The highest BCUT2D eigenvalue weighted by Gasteiger charge is 2.29. The molecule has 25 heavy (non-hydrogen) atoms.